The van der Waals surface area contributed by atoms with Crippen LogP contribution < -0.4 is 10.5 Å². The lowest BCUT2D eigenvalue weighted by atomic mass is 9.74. The lowest BCUT2D eigenvalue weighted by Gasteiger charge is -2.34. The molecule has 0 radical (unpaired) electrons. The number of aromatic nitrogens is 1. The van der Waals surface area contributed by atoms with Crippen molar-refractivity contribution in [2.45, 2.75) is 12.8 Å². The molecule has 96 valence electrons. The van der Waals surface area contributed by atoms with E-state index in [2.05, 4.69) is 35.4 Å². The van der Waals surface area contributed by atoms with Crippen molar-refractivity contribution in [3.05, 3.63) is 54.6 Å². The molecule has 1 aromatic heterocycles. The van der Waals surface area contributed by atoms with Crippen LogP contribution in [-0.4, -0.2) is 4.98 Å². The van der Waals surface area contributed by atoms with Gasteiger partial charge in [0.2, 0.25) is 0 Å². The molecule has 3 aliphatic carbocycles. The molecule has 2 bridgehead atoms. The Morgan fingerprint density at radius 1 is 1.32 bits per heavy atom. The standard InChI is InChI=1S/C16H16N2O/c17-13-7-14(10-18-9-13)19-15-6-11-5-12-3-1-2-4-16(12,15)8-11/h1-4,6-7,9-12H,5,8,17H2. The lowest BCUT2D eigenvalue weighted by molar-refractivity contribution is 0.257. The van der Waals surface area contributed by atoms with Crippen LogP contribution in [-0.2, 0) is 0 Å². The van der Waals surface area contributed by atoms with Crippen molar-refractivity contribution in [2.75, 3.05) is 5.73 Å². The van der Waals surface area contributed by atoms with Gasteiger partial charge < -0.3 is 10.5 Å². The van der Waals surface area contributed by atoms with E-state index in [0.717, 1.165) is 11.5 Å². The molecule has 1 heterocycles. The molecule has 0 saturated heterocycles. The Balaban J connectivity index is 1.68. The molecule has 3 aliphatic rings. The Hall–Kier alpha value is -2.03. The van der Waals surface area contributed by atoms with Crippen molar-refractivity contribution < 1.29 is 4.74 Å². The van der Waals surface area contributed by atoms with E-state index in [9.17, 15) is 0 Å². The minimum Gasteiger partial charge on any atom is -0.459 e. The normalized spacial score (nSPS) is 34.2. The first-order chi connectivity index (χ1) is 9.26. The number of pyridine rings is 1. The van der Waals surface area contributed by atoms with Gasteiger partial charge in [-0.3, -0.25) is 4.98 Å². The fourth-order valence-corrected chi connectivity index (χ4v) is 3.68. The highest BCUT2D eigenvalue weighted by molar-refractivity contribution is 5.43. The molecule has 2 N–H and O–H groups in total. The Morgan fingerprint density at radius 2 is 2.26 bits per heavy atom. The third kappa shape index (κ3) is 1.54. The van der Waals surface area contributed by atoms with Gasteiger partial charge >= 0.3 is 0 Å². The van der Waals surface area contributed by atoms with Crippen molar-refractivity contribution in [3.8, 4) is 5.75 Å². The number of nitrogen functional groups attached to an aromatic ring is 1. The van der Waals surface area contributed by atoms with Gasteiger partial charge in [0.05, 0.1) is 23.5 Å². The zero-order valence-corrected chi connectivity index (χ0v) is 10.6. The molecular weight excluding hydrogens is 236 g/mol. The number of hydrogen-bond donors (Lipinski definition) is 1. The topological polar surface area (TPSA) is 48.1 Å². The molecule has 1 saturated carbocycles. The summed E-state index contributed by atoms with van der Waals surface area (Å²) in [6.45, 7) is 0. The van der Waals surface area contributed by atoms with Gasteiger partial charge in [-0.2, -0.15) is 0 Å². The maximum atomic E-state index is 6.08. The minimum atomic E-state index is 0.0734. The highest BCUT2D eigenvalue weighted by Crippen LogP contribution is 2.59. The van der Waals surface area contributed by atoms with Gasteiger partial charge in [0.15, 0.2) is 0 Å². The van der Waals surface area contributed by atoms with E-state index in [4.69, 9.17) is 10.5 Å². The van der Waals surface area contributed by atoms with E-state index in [1.165, 1.54) is 12.8 Å². The number of anilines is 1. The fraction of sp³-hybridized carbons (Fsp3) is 0.312. The highest BCUT2D eigenvalue weighted by Gasteiger charge is 2.53. The third-order valence-electron chi connectivity index (χ3n) is 4.47. The number of fused-ring (bicyclic) bond motifs is 1. The smallest absolute Gasteiger partial charge is 0.147 e. The van der Waals surface area contributed by atoms with Gasteiger partial charge in [-0.1, -0.05) is 24.3 Å². The van der Waals surface area contributed by atoms with Crippen LogP contribution in [0.5, 0.6) is 5.75 Å². The zero-order chi connectivity index (χ0) is 12.9. The van der Waals surface area contributed by atoms with Gasteiger partial charge in [0.1, 0.15) is 11.5 Å². The SMILES string of the molecule is Nc1cncc(OC2=CC3CC4C=CC=CC24C3)c1. The van der Waals surface area contributed by atoms with Crippen molar-refractivity contribution in [2.24, 2.45) is 17.3 Å². The zero-order valence-electron chi connectivity index (χ0n) is 10.6. The molecule has 3 nitrogen and oxygen atoms in total. The maximum absolute atomic E-state index is 6.08. The first-order valence-electron chi connectivity index (χ1n) is 6.73. The molecule has 4 rings (SSSR count). The van der Waals surface area contributed by atoms with Gasteiger partial charge in [-0.15, -0.1) is 0 Å². The molecule has 0 amide bonds. The predicted molar refractivity (Wildman–Crippen MR) is 74.3 cm³/mol. The molecule has 19 heavy (non-hydrogen) atoms. The van der Waals surface area contributed by atoms with E-state index in [0.29, 0.717) is 17.5 Å². The summed E-state index contributed by atoms with van der Waals surface area (Å²) in [5.41, 5.74) is 6.46. The summed E-state index contributed by atoms with van der Waals surface area (Å²) < 4.78 is 6.08. The third-order valence-corrected chi connectivity index (χ3v) is 4.47. The Labute approximate surface area is 112 Å². The van der Waals surface area contributed by atoms with Crippen LogP contribution in [0.2, 0.25) is 0 Å². The van der Waals surface area contributed by atoms with E-state index >= 15 is 0 Å². The molecule has 1 aromatic rings. The monoisotopic (exact) mass is 252 g/mol. The summed E-state index contributed by atoms with van der Waals surface area (Å²) in [5, 5.41) is 0. The summed E-state index contributed by atoms with van der Waals surface area (Å²) >= 11 is 0. The first kappa shape index (κ1) is 10.9. The molecule has 0 aliphatic heterocycles. The predicted octanol–water partition coefficient (Wildman–Crippen LogP) is 3.08. The van der Waals surface area contributed by atoms with Crippen molar-refractivity contribution in [1.82, 2.24) is 4.98 Å². The summed E-state index contributed by atoms with van der Waals surface area (Å²) in [4.78, 5) is 4.08. The van der Waals surface area contributed by atoms with Crippen LogP contribution in [0.3, 0.4) is 0 Å². The molecule has 1 fully saturated rings. The molecule has 3 atom stereocenters. The highest BCUT2D eigenvalue weighted by atomic mass is 16.5. The summed E-state index contributed by atoms with van der Waals surface area (Å²) in [5.74, 6) is 3.02. The van der Waals surface area contributed by atoms with Gasteiger partial charge in [0.25, 0.3) is 0 Å². The van der Waals surface area contributed by atoms with Crippen LogP contribution in [0.15, 0.2) is 54.6 Å². The van der Waals surface area contributed by atoms with Crippen LogP contribution in [0.4, 0.5) is 5.69 Å². The average molecular weight is 252 g/mol. The maximum Gasteiger partial charge on any atom is 0.147 e. The second-order valence-electron chi connectivity index (χ2n) is 5.68. The fourth-order valence-electron chi connectivity index (χ4n) is 3.68. The van der Waals surface area contributed by atoms with Crippen LogP contribution >= 0.6 is 0 Å². The summed E-state index contributed by atoms with van der Waals surface area (Å²) in [6, 6.07) is 1.83. The quantitative estimate of drug-likeness (QED) is 0.880. The number of allylic oxidation sites excluding steroid dienone is 5. The lowest BCUT2D eigenvalue weighted by Crippen LogP contribution is -2.28. The van der Waals surface area contributed by atoms with Crippen molar-refractivity contribution >= 4 is 5.69 Å². The van der Waals surface area contributed by atoms with Crippen molar-refractivity contribution in [1.29, 1.82) is 0 Å². The molecule has 0 aromatic carbocycles. The number of rotatable bonds is 2. The molecule has 1 spiro atoms. The van der Waals surface area contributed by atoms with Crippen molar-refractivity contribution in [3.63, 3.8) is 0 Å². The largest absolute Gasteiger partial charge is 0.459 e. The van der Waals surface area contributed by atoms with Crippen LogP contribution in [0.1, 0.15) is 12.8 Å². The van der Waals surface area contributed by atoms with Crippen LogP contribution in [0.25, 0.3) is 0 Å². The Bertz CT molecular complexity index is 617. The first-order valence-corrected chi connectivity index (χ1v) is 6.73. The van der Waals surface area contributed by atoms with Gasteiger partial charge in [-0.25, -0.2) is 0 Å². The van der Waals surface area contributed by atoms with E-state index in [1.54, 1.807) is 12.4 Å². The summed E-state index contributed by atoms with van der Waals surface area (Å²) in [7, 11) is 0. The molecular formula is C16H16N2O. The average Bonchev–Trinajstić information content (AvgIpc) is 2.91. The van der Waals surface area contributed by atoms with Gasteiger partial charge in [-0.05, 0) is 30.8 Å². The van der Waals surface area contributed by atoms with E-state index in [1.807, 2.05) is 6.07 Å². The number of ether oxygens (including phenoxy) is 1. The van der Waals surface area contributed by atoms with Crippen LogP contribution in [0, 0.1) is 17.3 Å². The Morgan fingerprint density at radius 3 is 3.16 bits per heavy atom. The summed E-state index contributed by atoms with van der Waals surface area (Å²) in [6.07, 6.45) is 16.9. The number of hydrogen-bond acceptors (Lipinski definition) is 3. The number of nitrogens with two attached hydrogens (primary N) is 1. The molecule has 3 heteroatoms. The van der Waals surface area contributed by atoms with E-state index in [-0.39, 0.29) is 5.41 Å². The second kappa shape index (κ2) is 3.73. The van der Waals surface area contributed by atoms with Gasteiger partial charge in [0, 0.05) is 6.07 Å². The van der Waals surface area contributed by atoms with E-state index < -0.39 is 0 Å². The number of nitrogens with zero attached hydrogens (tertiary/aromatic N) is 1. The minimum absolute atomic E-state index is 0.0734. The second-order valence-corrected chi connectivity index (χ2v) is 5.68. The molecule has 3 unspecified atom stereocenters. The Kier molecular flexibility index (Phi) is 2.13.